The van der Waals surface area contributed by atoms with E-state index in [1.807, 2.05) is 13.8 Å². The van der Waals surface area contributed by atoms with Crippen molar-refractivity contribution in [1.82, 2.24) is 9.78 Å². The lowest BCUT2D eigenvalue weighted by atomic mass is 9.94. The Kier molecular flexibility index (Phi) is 4.33. The molecule has 0 fully saturated rings. The van der Waals surface area contributed by atoms with Crippen LogP contribution in [0.1, 0.15) is 31.7 Å². The molecule has 0 amide bonds. The molecule has 0 N–H and O–H groups in total. The highest BCUT2D eigenvalue weighted by atomic mass is 35.5. The van der Waals surface area contributed by atoms with Gasteiger partial charge in [-0.05, 0) is 20.3 Å². The summed E-state index contributed by atoms with van der Waals surface area (Å²) in [4.78, 5) is 12.2. The number of hydrogen-bond acceptors (Lipinski definition) is 3. The van der Waals surface area contributed by atoms with E-state index in [-0.39, 0.29) is 12.2 Å². The summed E-state index contributed by atoms with van der Waals surface area (Å²) >= 11 is 6.12. The van der Waals surface area contributed by atoms with Gasteiger partial charge in [0, 0.05) is 14.2 Å². The molecule has 1 atom stereocenters. The standard InChI is InChI=1S/C12H19ClN2O2/c1-6-12(3,17-5)10(16)7-9-11(13)8(2)14-15(9)4/h6-7H2,1-5H3. The second kappa shape index (κ2) is 5.19. The van der Waals surface area contributed by atoms with E-state index in [4.69, 9.17) is 16.3 Å². The van der Waals surface area contributed by atoms with Crippen molar-refractivity contribution in [3.8, 4) is 0 Å². The minimum atomic E-state index is -0.749. The molecule has 1 rings (SSSR count). The first kappa shape index (κ1) is 14.2. The molecular weight excluding hydrogens is 240 g/mol. The number of rotatable bonds is 5. The van der Waals surface area contributed by atoms with Gasteiger partial charge >= 0.3 is 0 Å². The van der Waals surface area contributed by atoms with Crippen molar-refractivity contribution in [3.63, 3.8) is 0 Å². The zero-order valence-corrected chi connectivity index (χ0v) is 11.8. The quantitative estimate of drug-likeness (QED) is 0.814. The number of aromatic nitrogens is 2. The summed E-state index contributed by atoms with van der Waals surface area (Å²) in [6.07, 6.45) is 0.880. The topological polar surface area (TPSA) is 44.1 Å². The van der Waals surface area contributed by atoms with Crippen molar-refractivity contribution in [1.29, 1.82) is 0 Å². The molecule has 4 nitrogen and oxygen atoms in total. The predicted molar refractivity (Wildman–Crippen MR) is 67.4 cm³/mol. The molecule has 0 aromatic carbocycles. The minimum Gasteiger partial charge on any atom is -0.371 e. The van der Waals surface area contributed by atoms with E-state index in [1.54, 1.807) is 25.8 Å². The molecule has 5 heteroatoms. The number of ketones is 1. The molecule has 0 aliphatic heterocycles. The van der Waals surface area contributed by atoms with Crippen LogP contribution in [0.4, 0.5) is 0 Å². The Hall–Kier alpha value is -0.870. The zero-order valence-electron chi connectivity index (χ0n) is 11.0. The van der Waals surface area contributed by atoms with Gasteiger partial charge in [0.25, 0.3) is 0 Å². The summed E-state index contributed by atoms with van der Waals surface area (Å²) in [5, 5.41) is 4.75. The Bertz CT molecular complexity index is 422. The summed E-state index contributed by atoms with van der Waals surface area (Å²) in [5.41, 5.74) is 0.736. The van der Waals surface area contributed by atoms with Gasteiger partial charge in [-0.2, -0.15) is 5.10 Å². The molecule has 96 valence electrons. The number of carbonyl (C=O) groups excluding carboxylic acids is 1. The first-order valence-corrected chi connectivity index (χ1v) is 6.00. The second-order valence-corrected chi connectivity index (χ2v) is 4.74. The molecule has 1 aromatic rings. The first-order chi connectivity index (χ1) is 7.85. The van der Waals surface area contributed by atoms with Crippen LogP contribution in [0.3, 0.4) is 0 Å². The van der Waals surface area contributed by atoms with Gasteiger partial charge in [0.15, 0.2) is 5.78 Å². The third-order valence-electron chi connectivity index (χ3n) is 3.30. The molecular formula is C12H19ClN2O2. The predicted octanol–water partition coefficient (Wildman–Crippen LogP) is 2.31. The number of methoxy groups -OCH3 is 1. The van der Waals surface area contributed by atoms with E-state index in [2.05, 4.69) is 5.10 Å². The highest BCUT2D eigenvalue weighted by Crippen LogP contribution is 2.24. The van der Waals surface area contributed by atoms with Gasteiger partial charge in [-0.1, -0.05) is 18.5 Å². The Morgan fingerprint density at radius 1 is 1.59 bits per heavy atom. The zero-order chi connectivity index (χ0) is 13.2. The normalized spacial score (nSPS) is 14.7. The van der Waals surface area contributed by atoms with Gasteiger partial charge < -0.3 is 4.74 Å². The lowest BCUT2D eigenvalue weighted by molar-refractivity contribution is -0.138. The summed E-state index contributed by atoms with van der Waals surface area (Å²) < 4.78 is 6.94. The smallest absolute Gasteiger partial charge is 0.170 e. The Morgan fingerprint density at radius 2 is 2.18 bits per heavy atom. The van der Waals surface area contributed by atoms with E-state index in [0.717, 1.165) is 11.4 Å². The van der Waals surface area contributed by atoms with Gasteiger partial charge in [-0.15, -0.1) is 0 Å². The highest BCUT2D eigenvalue weighted by Gasteiger charge is 2.32. The third-order valence-corrected chi connectivity index (χ3v) is 3.80. The lowest BCUT2D eigenvalue weighted by Gasteiger charge is -2.24. The highest BCUT2D eigenvalue weighted by molar-refractivity contribution is 6.32. The van der Waals surface area contributed by atoms with E-state index in [9.17, 15) is 4.79 Å². The third kappa shape index (κ3) is 2.69. The lowest BCUT2D eigenvalue weighted by Crippen LogP contribution is -2.38. The van der Waals surface area contributed by atoms with Crippen LogP contribution in [0, 0.1) is 6.92 Å². The van der Waals surface area contributed by atoms with Gasteiger partial charge in [-0.3, -0.25) is 9.48 Å². The van der Waals surface area contributed by atoms with E-state index < -0.39 is 5.60 Å². The fraction of sp³-hybridized carbons (Fsp3) is 0.667. The molecule has 0 radical (unpaired) electrons. The average molecular weight is 259 g/mol. The number of hydrogen-bond donors (Lipinski definition) is 0. The van der Waals surface area contributed by atoms with E-state index in [1.165, 1.54) is 0 Å². The monoisotopic (exact) mass is 258 g/mol. The maximum atomic E-state index is 12.2. The van der Waals surface area contributed by atoms with Crippen LogP contribution in [0.5, 0.6) is 0 Å². The van der Waals surface area contributed by atoms with E-state index in [0.29, 0.717) is 11.4 Å². The van der Waals surface area contributed by atoms with Crippen LogP contribution < -0.4 is 0 Å². The van der Waals surface area contributed by atoms with Crippen molar-refractivity contribution in [2.45, 2.75) is 39.2 Å². The SMILES string of the molecule is CCC(C)(OC)C(=O)Cc1c(Cl)c(C)nn1C. The van der Waals surface area contributed by atoms with Crippen LogP contribution >= 0.6 is 11.6 Å². The minimum absolute atomic E-state index is 0.0207. The molecule has 1 unspecified atom stereocenters. The largest absolute Gasteiger partial charge is 0.371 e. The number of aryl methyl sites for hydroxylation is 2. The van der Waals surface area contributed by atoms with Gasteiger partial charge in [0.05, 0.1) is 22.8 Å². The molecule has 1 aromatic heterocycles. The number of ether oxygens (including phenoxy) is 1. The van der Waals surface area contributed by atoms with Crippen molar-refractivity contribution in [2.75, 3.05) is 7.11 Å². The van der Waals surface area contributed by atoms with Crippen LogP contribution in [0.15, 0.2) is 0 Å². The summed E-state index contributed by atoms with van der Waals surface area (Å²) in [5.74, 6) is 0.0207. The van der Waals surface area contributed by atoms with Crippen molar-refractivity contribution < 1.29 is 9.53 Å². The van der Waals surface area contributed by atoms with Gasteiger partial charge in [0.1, 0.15) is 5.60 Å². The molecule has 0 saturated heterocycles. The van der Waals surface area contributed by atoms with E-state index >= 15 is 0 Å². The number of nitrogens with zero attached hydrogens (tertiary/aromatic N) is 2. The van der Waals surface area contributed by atoms with Gasteiger partial charge in [0.2, 0.25) is 0 Å². The summed E-state index contributed by atoms with van der Waals surface area (Å²) in [7, 11) is 3.34. The number of carbonyl (C=O) groups is 1. The fourth-order valence-electron chi connectivity index (χ4n) is 1.67. The maximum absolute atomic E-state index is 12.2. The van der Waals surface area contributed by atoms with Crippen LogP contribution in [0.2, 0.25) is 5.02 Å². The first-order valence-electron chi connectivity index (χ1n) is 5.62. The Balaban J connectivity index is 2.95. The fourth-order valence-corrected chi connectivity index (χ4v) is 1.89. The van der Waals surface area contributed by atoms with Gasteiger partial charge in [-0.25, -0.2) is 0 Å². The summed E-state index contributed by atoms with van der Waals surface area (Å²) in [6.45, 7) is 5.55. The number of halogens is 1. The summed E-state index contributed by atoms with van der Waals surface area (Å²) in [6, 6.07) is 0. The molecule has 0 spiro atoms. The molecule has 0 aliphatic carbocycles. The van der Waals surface area contributed by atoms with Crippen LogP contribution in [-0.4, -0.2) is 28.3 Å². The Morgan fingerprint density at radius 3 is 2.53 bits per heavy atom. The molecule has 0 bridgehead atoms. The molecule has 0 saturated carbocycles. The average Bonchev–Trinajstić information content (AvgIpc) is 2.54. The van der Waals surface area contributed by atoms with Crippen LogP contribution in [-0.2, 0) is 23.0 Å². The molecule has 0 aliphatic rings. The second-order valence-electron chi connectivity index (χ2n) is 4.36. The van der Waals surface area contributed by atoms with Crippen LogP contribution in [0.25, 0.3) is 0 Å². The van der Waals surface area contributed by atoms with Crippen molar-refractivity contribution >= 4 is 17.4 Å². The van der Waals surface area contributed by atoms with Crippen molar-refractivity contribution in [2.24, 2.45) is 7.05 Å². The van der Waals surface area contributed by atoms with Crippen molar-refractivity contribution in [3.05, 3.63) is 16.4 Å². The molecule has 17 heavy (non-hydrogen) atoms. The maximum Gasteiger partial charge on any atom is 0.170 e. The number of Topliss-reactive ketones (excluding diaryl/α,β-unsaturated/α-hetero) is 1. The Labute approximate surface area is 107 Å². The molecule has 1 heterocycles.